The third-order valence-electron chi connectivity index (χ3n) is 3.47. The van der Waals surface area contributed by atoms with Crippen molar-refractivity contribution in [1.29, 1.82) is 5.26 Å². The van der Waals surface area contributed by atoms with Crippen LogP contribution in [0, 0.1) is 17.2 Å². The van der Waals surface area contributed by atoms with Gasteiger partial charge in [0.1, 0.15) is 0 Å². The summed E-state index contributed by atoms with van der Waals surface area (Å²) in [4.78, 5) is 2.45. The van der Waals surface area contributed by atoms with Gasteiger partial charge in [-0.25, -0.2) is 0 Å². The van der Waals surface area contributed by atoms with Crippen molar-refractivity contribution in [3.05, 3.63) is 29.8 Å². The third-order valence-corrected chi connectivity index (χ3v) is 3.47. The maximum absolute atomic E-state index is 8.76. The Morgan fingerprint density at radius 2 is 1.94 bits per heavy atom. The van der Waals surface area contributed by atoms with Crippen LogP contribution in [0.15, 0.2) is 24.3 Å². The van der Waals surface area contributed by atoms with E-state index in [-0.39, 0.29) is 0 Å². The van der Waals surface area contributed by atoms with Crippen LogP contribution in [0.5, 0.6) is 0 Å². The molecule has 0 spiro atoms. The predicted octanol–water partition coefficient (Wildman–Crippen LogP) is 3.18. The lowest BCUT2D eigenvalue weighted by Gasteiger charge is -2.38. The average Bonchev–Trinajstić information content (AvgIpc) is 2.29. The largest absolute Gasteiger partial charge is 0.369 e. The SMILES string of the molecule is CC1CCN(c2ccc(C#N)cc2)C(C)C1. The molecule has 2 nitrogen and oxygen atoms in total. The van der Waals surface area contributed by atoms with Crippen LogP contribution in [0.1, 0.15) is 32.3 Å². The number of hydrogen-bond donors (Lipinski definition) is 0. The molecule has 0 bridgehead atoms. The van der Waals surface area contributed by atoms with Crippen LogP contribution < -0.4 is 4.90 Å². The Labute approximate surface area is 97.5 Å². The highest BCUT2D eigenvalue weighted by molar-refractivity contribution is 5.50. The lowest BCUT2D eigenvalue weighted by molar-refractivity contribution is 0.378. The van der Waals surface area contributed by atoms with Crippen molar-refractivity contribution < 1.29 is 0 Å². The van der Waals surface area contributed by atoms with Crippen LogP contribution in [-0.2, 0) is 0 Å². The van der Waals surface area contributed by atoms with E-state index in [1.165, 1.54) is 18.5 Å². The highest BCUT2D eigenvalue weighted by Gasteiger charge is 2.22. The van der Waals surface area contributed by atoms with Gasteiger partial charge in [-0.2, -0.15) is 5.26 Å². The van der Waals surface area contributed by atoms with E-state index >= 15 is 0 Å². The van der Waals surface area contributed by atoms with E-state index in [9.17, 15) is 0 Å². The summed E-state index contributed by atoms with van der Waals surface area (Å²) in [7, 11) is 0. The molecular formula is C14H18N2. The first-order valence-electron chi connectivity index (χ1n) is 5.97. The number of rotatable bonds is 1. The monoisotopic (exact) mass is 214 g/mol. The van der Waals surface area contributed by atoms with Crippen LogP contribution in [-0.4, -0.2) is 12.6 Å². The van der Waals surface area contributed by atoms with E-state index in [1.807, 2.05) is 12.1 Å². The molecule has 1 saturated heterocycles. The summed E-state index contributed by atoms with van der Waals surface area (Å²) in [6, 6.07) is 10.7. The summed E-state index contributed by atoms with van der Waals surface area (Å²) in [5.74, 6) is 0.838. The Kier molecular flexibility index (Phi) is 3.14. The summed E-state index contributed by atoms with van der Waals surface area (Å²) >= 11 is 0. The fraction of sp³-hybridized carbons (Fsp3) is 0.500. The molecule has 2 heteroatoms. The van der Waals surface area contributed by atoms with Gasteiger partial charge in [0.25, 0.3) is 0 Å². The molecule has 1 aliphatic heterocycles. The minimum absolute atomic E-state index is 0.608. The zero-order valence-electron chi connectivity index (χ0n) is 9.98. The van der Waals surface area contributed by atoms with Crippen molar-refractivity contribution in [1.82, 2.24) is 0 Å². The Morgan fingerprint density at radius 1 is 1.25 bits per heavy atom. The molecule has 0 aromatic heterocycles. The summed E-state index contributed by atoms with van der Waals surface area (Å²) < 4.78 is 0. The number of nitrogens with zero attached hydrogens (tertiary/aromatic N) is 2. The molecule has 1 fully saturated rings. The van der Waals surface area contributed by atoms with E-state index in [4.69, 9.17) is 5.26 Å². The molecule has 1 heterocycles. The Bertz CT molecular complexity index is 388. The van der Waals surface area contributed by atoms with Crippen LogP contribution in [0.3, 0.4) is 0 Å². The highest BCUT2D eigenvalue weighted by atomic mass is 15.2. The van der Waals surface area contributed by atoms with Crippen molar-refractivity contribution in [2.45, 2.75) is 32.7 Å². The van der Waals surface area contributed by atoms with Gasteiger partial charge in [0.05, 0.1) is 11.6 Å². The van der Waals surface area contributed by atoms with Gasteiger partial charge >= 0.3 is 0 Å². The van der Waals surface area contributed by atoms with Crippen molar-refractivity contribution >= 4 is 5.69 Å². The van der Waals surface area contributed by atoms with Gasteiger partial charge in [-0.05, 0) is 49.9 Å². The molecule has 1 aromatic rings. The quantitative estimate of drug-likeness (QED) is 0.718. The third kappa shape index (κ3) is 2.19. The highest BCUT2D eigenvalue weighted by Crippen LogP contribution is 2.27. The molecule has 0 N–H and O–H groups in total. The zero-order valence-corrected chi connectivity index (χ0v) is 9.98. The Morgan fingerprint density at radius 3 is 2.50 bits per heavy atom. The first kappa shape index (κ1) is 11.0. The van der Waals surface area contributed by atoms with Gasteiger partial charge in [0.2, 0.25) is 0 Å². The number of anilines is 1. The van der Waals surface area contributed by atoms with E-state index in [0.29, 0.717) is 6.04 Å². The minimum atomic E-state index is 0.608. The van der Waals surface area contributed by atoms with E-state index < -0.39 is 0 Å². The predicted molar refractivity (Wildman–Crippen MR) is 66.4 cm³/mol. The second kappa shape index (κ2) is 4.57. The topological polar surface area (TPSA) is 27.0 Å². The van der Waals surface area contributed by atoms with E-state index in [2.05, 4.69) is 36.9 Å². The fourth-order valence-corrected chi connectivity index (χ4v) is 2.52. The molecule has 0 radical (unpaired) electrons. The molecule has 1 aliphatic rings. The van der Waals surface area contributed by atoms with Crippen molar-refractivity contribution in [2.24, 2.45) is 5.92 Å². The maximum atomic E-state index is 8.76. The first-order valence-corrected chi connectivity index (χ1v) is 5.97. The molecule has 2 rings (SSSR count). The minimum Gasteiger partial charge on any atom is -0.369 e. The second-order valence-corrected chi connectivity index (χ2v) is 4.83. The Hall–Kier alpha value is -1.49. The van der Waals surface area contributed by atoms with Gasteiger partial charge in [-0.15, -0.1) is 0 Å². The van der Waals surface area contributed by atoms with Gasteiger partial charge in [-0.3, -0.25) is 0 Å². The summed E-state index contributed by atoms with van der Waals surface area (Å²) in [6.07, 6.45) is 2.53. The van der Waals surface area contributed by atoms with Crippen LogP contribution in [0.2, 0.25) is 0 Å². The molecule has 2 atom stereocenters. The molecule has 0 saturated carbocycles. The van der Waals surface area contributed by atoms with Crippen LogP contribution in [0.25, 0.3) is 0 Å². The molecule has 2 unspecified atom stereocenters. The van der Waals surface area contributed by atoms with E-state index in [0.717, 1.165) is 18.0 Å². The number of hydrogen-bond acceptors (Lipinski definition) is 2. The summed E-state index contributed by atoms with van der Waals surface area (Å²) in [5, 5.41) is 8.76. The lowest BCUT2D eigenvalue weighted by atomic mass is 9.93. The Balaban J connectivity index is 2.14. The number of nitriles is 1. The van der Waals surface area contributed by atoms with Crippen LogP contribution >= 0.6 is 0 Å². The number of benzene rings is 1. The zero-order chi connectivity index (χ0) is 11.5. The normalized spacial score (nSPS) is 25.2. The smallest absolute Gasteiger partial charge is 0.0991 e. The van der Waals surface area contributed by atoms with Crippen molar-refractivity contribution in [3.63, 3.8) is 0 Å². The standard InChI is InChI=1S/C14H18N2/c1-11-7-8-16(12(2)9-11)14-5-3-13(10-15)4-6-14/h3-6,11-12H,7-9H2,1-2H3. The molecular weight excluding hydrogens is 196 g/mol. The van der Waals surface area contributed by atoms with Crippen molar-refractivity contribution in [2.75, 3.05) is 11.4 Å². The second-order valence-electron chi connectivity index (χ2n) is 4.83. The van der Waals surface area contributed by atoms with Gasteiger partial charge in [0.15, 0.2) is 0 Å². The molecule has 84 valence electrons. The van der Waals surface area contributed by atoms with Crippen LogP contribution in [0.4, 0.5) is 5.69 Å². The fourth-order valence-electron chi connectivity index (χ4n) is 2.52. The average molecular weight is 214 g/mol. The van der Waals surface area contributed by atoms with Gasteiger partial charge < -0.3 is 4.90 Å². The lowest BCUT2D eigenvalue weighted by Crippen LogP contribution is -2.40. The maximum Gasteiger partial charge on any atom is 0.0991 e. The van der Waals surface area contributed by atoms with E-state index in [1.54, 1.807) is 0 Å². The van der Waals surface area contributed by atoms with Crippen molar-refractivity contribution in [3.8, 4) is 6.07 Å². The molecule has 16 heavy (non-hydrogen) atoms. The van der Waals surface area contributed by atoms with Gasteiger partial charge in [-0.1, -0.05) is 6.92 Å². The summed E-state index contributed by atoms with van der Waals surface area (Å²) in [5.41, 5.74) is 1.99. The molecule has 1 aromatic carbocycles. The molecule has 0 amide bonds. The van der Waals surface area contributed by atoms with Gasteiger partial charge in [0, 0.05) is 18.3 Å². The molecule has 0 aliphatic carbocycles. The summed E-state index contributed by atoms with van der Waals surface area (Å²) in [6.45, 7) is 5.74. The number of piperidine rings is 1. The first-order chi connectivity index (χ1) is 7.70.